The van der Waals surface area contributed by atoms with Gasteiger partial charge in [0.2, 0.25) is 0 Å². The van der Waals surface area contributed by atoms with E-state index in [1.54, 1.807) is 0 Å². The number of para-hydroxylation sites is 2. The molecule has 2 aromatic carbocycles. The lowest BCUT2D eigenvalue weighted by atomic mass is 10.1. The summed E-state index contributed by atoms with van der Waals surface area (Å²) in [5, 5.41) is 2.98. The van der Waals surface area contributed by atoms with E-state index in [1.807, 2.05) is 66.2 Å². The molecule has 0 radical (unpaired) electrons. The van der Waals surface area contributed by atoms with E-state index in [1.165, 1.54) is 11.3 Å². The van der Waals surface area contributed by atoms with Crippen LogP contribution in [-0.2, 0) is 13.6 Å². The van der Waals surface area contributed by atoms with Crippen LogP contribution in [0.15, 0.2) is 54.6 Å². The molecule has 3 heterocycles. The summed E-state index contributed by atoms with van der Waals surface area (Å²) in [6, 6.07) is 17.6. The van der Waals surface area contributed by atoms with Crippen LogP contribution in [0.4, 0.5) is 0 Å². The van der Waals surface area contributed by atoms with Gasteiger partial charge in [0.1, 0.15) is 19.0 Å². The van der Waals surface area contributed by atoms with Crippen LogP contribution in [0.1, 0.15) is 15.5 Å². The molecule has 146 valence electrons. The summed E-state index contributed by atoms with van der Waals surface area (Å²) in [7, 11) is 1.96. The summed E-state index contributed by atoms with van der Waals surface area (Å²) < 4.78 is 13.2. The molecule has 0 atom stereocenters. The summed E-state index contributed by atoms with van der Waals surface area (Å²) in [6.07, 6.45) is 0. The first-order valence-corrected chi connectivity index (χ1v) is 10.2. The number of nitrogens with one attached hydrogen (secondary N) is 1. The van der Waals surface area contributed by atoms with Gasteiger partial charge in [-0.2, -0.15) is 0 Å². The third-order valence-corrected chi connectivity index (χ3v) is 6.08. The number of aryl methyl sites for hydroxylation is 1. The zero-order valence-corrected chi connectivity index (χ0v) is 16.7. The summed E-state index contributed by atoms with van der Waals surface area (Å²) in [5.41, 5.74) is 2.98. The number of aromatic nitrogens is 2. The first kappa shape index (κ1) is 17.8. The van der Waals surface area contributed by atoms with Crippen molar-refractivity contribution in [1.82, 2.24) is 14.9 Å². The van der Waals surface area contributed by atoms with Crippen LogP contribution in [0.25, 0.3) is 21.5 Å². The van der Waals surface area contributed by atoms with Gasteiger partial charge in [0.15, 0.2) is 11.5 Å². The van der Waals surface area contributed by atoms with E-state index >= 15 is 0 Å². The van der Waals surface area contributed by atoms with Crippen molar-refractivity contribution in [3.63, 3.8) is 0 Å². The second-order valence-electron chi connectivity index (χ2n) is 6.78. The smallest absolute Gasteiger partial charge is 0.261 e. The Hall–Kier alpha value is -3.32. The van der Waals surface area contributed by atoms with Crippen molar-refractivity contribution in [1.29, 1.82) is 0 Å². The molecule has 0 spiro atoms. The Bertz CT molecular complexity index is 1210. The van der Waals surface area contributed by atoms with Gasteiger partial charge in [-0.1, -0.05) is 12.1 Å². The highest BCUT2D eigenvalue weighted by Crippen LogP contribution is 2.36. The fourth-order valence-corrected chi connectivity index (χ4v) is 4.33. The van der Waals surface area contributed by atoms with Crippen molar-refractivity contribution >= 4 is 28.3 Å². The third-order valence-electron chi connectivity index (χ3n) is 4.94. The van der Waals surface area contributed by atoms with Crippen molar-refractivity contribution in [3.8, 4) is 21.9 Å². The molecule has 0 saturated heterocycles. The molecule has 7 heteroatoms. The topological polar surface area (TPSA) is 65.4 Å². The summed E-state index contributed by atoms with van der Waals surface area (Å²) >= 11 is 1.45. The van der Waals surface area contributed by atoms with Crippen LogP contribution in [0.3, 0.4) is 0 Å². The fraction of sp³-hybridized carbons (Fsp3) is 0.182. The summed E-state index contributed by atoms with van der Waals surface area (Å²) in [4.78, 5) is 18.9. The third kappa shape index (κ3) is 3.34. The highest BCUT2D eigenvalue weighted by molar-refractivity contribution is 7.17. The Morgan fingerprint density at radius 1 is 1.10 bits per heavy atom. The van der Waals surface area contributed by atoms with Gasteiger partial charge in [0.05, 0.1) is 22.5 Å². The summed E-state index contributed by atoms with van der Waals surface area (Å²) in [5.74, 6) is 2.22. The van der Waals surface area contributed by atoms with Crippen molar-refractivity contribution in [3.05, 3.63) is 65.3 Å². The van der Waals surface area contributed by atoms with Crippen molar-refractivity contribution in [2.24, 2.45) is 7.05 Å². The van der Waals surface area contributed by atoms with Gasteiger partial charge in [-0.3, -0.25) is 4.79 Å². The van der Waals surface area contributed by atoms with E-state index in [9.17, 15) is 4.79 Å². The molecule has 1 amide bonds. The Morgan fingerprint density at radius 2 is 1.93 bits per heavy atom. The molecule has 2 aromatic heterocycles. The number of ether oxygens (including phenoxy) is 2. The number of hydrogen-bond donors (Lipinski definition) is 1. The number of amides is 1. The lowest BCUT2D eigenvalue weighted by Crippen LogP contribution is -2.23. The van der Waals surface area contributed by atoms with Gasteiger partial charge in [-0.25, -0.2) is 4.98 Å². The average molecular weight is 405 g/mol. The molecule has 6 nitrogen and oxygen atoms in total. The number of rotatable bonds is 4. The van der Waals surface area contributed by atoms with Crippen LogP contribution in [0.5, 0.6) is 11.5 Å². The maximum atomic E-state index is 12.6. The molecule has 1 N–H and O–H groups in total. The number of imidazole rings is 1. The molecule has 0 bridgehead atoms. The van der Waals surface area contributed by atoms with E-state index < -0.39 is 0 Å². The molecule has 0 aliphatic carbocycles. The fourth-order valence-electron chi connectivity index (χ4n) is 3.41. The minimum atomic E-state index is -0.106. The van der Waals surface area contributed by atoms with Crippen LogP contribution in [-0.4, -0.2) is 28.7 Å². The predicted molar refractivity (Wildman–Crippen MR) is 113 cm³/mol. The molecule has 29 heavy (non-hydrogen) atoms. The molecule has 5 rings (SSSR count). The van der Waals surface area contributed by atoms with Crippen molar-refractivity contribution in [2.75, 3.05) is 13.2 Å². The number of carbonyl (C=O) groups excluding carboxylic acids is 1. The molecule has 1 aliphatic rings. The van der Waals surface area contributed by atoms with Crippen LogP contribution >= 0.6 is 11.3 Å². The Morgan fingerprint density at radius 3 is 2.79 bits per heavy atom. The maximum Gasteiger partial charge on any atom is 0.261 e. The lowest BCUT2D eigenvalue weighted by Gasteiger charge is -2.18. The maximum absolute atomic E-state index is 12.6. The van der Waals surface area contributed by atoms with E-state index in [-0.39, 0.29) is 5.91 Å². The second kappa shape index (κ2) is 7.25. The van der Waals surface area contributed by atoms with Crippen LogP contribution in [0, 0.1) is 0 Å². The molecule has 4 aromatic rings. The number of fused-ring (bicyclic) bond motifs is 2. The average Bonchev–Trinajstić information content (AvgIpc) is 3.37. The predicted octanol–water partition coefficient (Wildman–Crippen LogP) is 4.00. The van der Waals surface area contributed by atoms with Gasteiger partial charge >= 0.3 is 0 Å². The van der Waals surface area contributed by atoms with E-state index in [0.717, 1.165) is 38.8 Å². The van der Waals surface area contributed by atoms with Crippen LogP contribution < -0.4 is 14.8 Å². The highest BCUT2D eigenvalue weighted by Gasteiger charge is 2.15. The minimum absolute atomic E-state index is 0.106. The Balaban J connectivity index is 1.31. The normalized spacial score (nSPS) is 12.9. The quantitative estimate of drug-likeness (QED) is 0.557. The molecule has 0 saturated carbocycles. The molecule has 0 fully saturated rings. The van der Waals surface area contributed by atoms with E-state index in [2.05, 4.69) is 10.3 Å². The lowest BCUT2D eigenvalue weighted by molar-refractivity contribution is 0.0953. The van der Waals surface area contributed by atoms with E-state index in [4.69, 9.17) is 9.47 Å². The molecule has 1 aliphatic heterocycles. The number of carbonyl (C=O) groups is 1. The number of hydrogen-bond acceptors (Lipinski definition) is 5. The highest BCUT2D eigenvalue weighted by atomic mass is 32.1. The molecule has 0 unspecified atom stereocenters. The van der Waals surface area contributed by atoms with Gasteiger partial charge in [0, 0.05) is 11.9 Å². The van der Waals surface area contributed by atoms with Gasteiger partial charge < -0.3 is 19.4 Å². The molecular weight excluding hydrogens is 386 g/mol. The zero-order chi connectivity index (χ0) is 19.8. The first-order chi connectivity index (χ1) is 14.2. The number of benzene rings is 2. The number of thiophene rings is 1. The van der Waals surface area contributed by atoms with Crippen molar-refractivity contribution < 1.29 is 14.3 Å². The SMILES string of the molecule is Cn1c(CNC(=O)c2ccc(-c3ccc4c(c3)OCCO4)s2)nc2ccccc21. The molecular formula is C22H19N3O3S. The largest absolute Gasteiger partial charge is 0.486 e. The van der Waals surface area contributed by atoms with Gasteiger partial charge in [-0.05, 0) is 48.0 Å². The van der Waals surface area contributed by atoms with E-state index in [0.29, 0.717) is 24.6 Å². The number of nitrogens with zero attached hydrogens (tertiary/aromatic N) is 2. The van der Waals surface area contributed by atoms with Crippen LogP contribution in [0.2, 0.25) is 0 Å². The Kier molecular flexibility index (Phi) is 4.44. The Labute approximate surface area is 171 Å². The zero-order valence-electron chi connectivity index (χ0n) is 15.8. The van der Waals surface area contributed by atoms with Gasteiger partial charge in [0.25, 0.3) is 5.91 Å². The monoisotopic (exact) mass is 405 g/mol. The second-order valence-corrected chi connectivity index (χ2v) is 7.86. The van der Waals surface area contributed by atoms with Gasteiger partial charge in [-0.15, -0.1) is 11.3 Å². The minimum Gasteiger partial charge on any atom is -0.486 e. The van der Waals surface area contributed by atoms with Crippen molar-refractivity contribution in [2.45, 2.75) is 6.54 Å². The standard InChI is InChI=1S/C22H19N3O3S/c1-25-16-5-3-2-4-15(16)24-21(25)13-23-22(26)20-9-8-19(29-20)14-6-7-17-18(12-14)28-11-10-27-17/h2-9,12H,10-11,13H2,1H3,(H,23,26). The first-order valence-electron chi connectivity index (χ1n) is 9.37. The summed E-state index contributed by atoms with van der Waals surface area (Å²) in [6.45, 7) is 1.50.